The first-order chi connectivity index (χ1) is 21.7. The number of aryl methyl sites for hydroxylation is 2. The van der Waals surface area contributed by atoms with Crippen molar-refractivity contribution in [2.75, 3.05) is 21.1 Å². The van der Waals surface area contributed by atoms with Crippen molar-refractivity contribution in [3.63, 3.8) is 0 Å². The Hall–Kier alpha value is -5.22. The van der Waals surface area contributed by atoms with E-state index in [1.165, 1.54) is 66.2 Å². The van der Waals surface area contributed by atoms with Crippen molar-refractivity contribution in [3.8, 4) is 0 Å². The Balaban J connectivity index is 1.30. The zero-order valence-corrected chi connectivity index (χ0v) is 25.0. The van der Waals surface area contributed by atoms with E-state index in [9.17, 15) is 0 Å². The van der Waals surface area contributed by atoms with Crippen molar-refractivity contribution < 1.29 is 0 Å². The molecule has 0 aliphatic carbocycles. The molecule has 0 radical (unpaired) electrons. The van der Waals surface area contributed by atoms with Gasteiger partial charge in [-0.1, -0.05) is 96.0 Å². The van der Waals surface area contributed by atoms with Crippen molar-refractivity contribution in [2.24, 2.45) is 0 Å². The maximum Gasteiger partial charge on any atom is 0.408 e. The monoisotopic (exact) mass is 565 g/mol. The van der Waals surface area contributed by atoms with Gasteiger partial charge in [0.2, 0.25) is 0 Å². The zero-order valence-electron chi connectivity index (χ0n) is 25.0. The van der Waals surface area contributed by atoms with Crippen molar-refractivity contribution in [1.29, 1.82) is 0 Å². The van der Waals surface area contributed by atoms with Gasteiger partial charge in [-0.15, -0.1) is 0 Å². The van der Waals surface area contributed by atoms with Crippen LogP contribution in [0, 0.1) is 13.8 Å². The molecule has 0 bridgehead atoms. The molecule has 2 aliphatic rings. The van der Waals surface area contributed by atoms with E-state index in [0.29, 0.717) is 0 Å². The van der Waals surface area contributed by atoms with E-state index in [4.69, 9.17) is 0 Å². The Morgan fingerprint density at radius 3 is 1.86 bits per heavy atom. The predicted molar refractivity (Wildman–Crippen MR) is 190 cm³/mol. The Bertz CT molecular complexity index is 2170. The second kappa shape index (κ2) is 9.65. The molecule has 2 heterocycles. The van der Waals surface area contributed by atoms with Crippen molar-refractivity contribution in [2.45, 2.75) is 20.3 Å². The number of hydrogen-bond donors (Lipinski definition) is 0. The van der Waals surface area contributed by atoms with Gasteiger partial charge in [0.05, 0.1) is 11.4 Å². The van der Waals surface area contributed by atoms with E-state index in [-0.39, 0.29) is 6.98 Å². The first kappa shape index (κ1) is 25.3. The summed E-state index contributed by atoms with van der Waals surface area (Å²) in [5, 5.41) is 7.77. The SMILES string of the molecule is Cc1ccc(N(c2ccc(C)cc2)c2ccc3ccc4c(N5B6C=CCCN6c6ccccc65)ccc5ccc2c3c54)cc1. The highest BCUT2D eigenvalue weighted by Crippen LogP contribution is 2.49. The summed E-state index contributed by atoms with van der Waals surface area (Å²) in [6, 6.07) is 45.2. The Morgan fingerprint density at radius 2 is 1.16 bits per heavy atom. The summed E-state index contributed by atoms with van der Waals surface area (Å²) in [5.74, 6) is 2.38. The lowest BCUT2D eigenvalue weighted by molar-refractivity contribution is 0.971. The third kappa shape index (κ3) is 3.70. The third-order valence-electron chi connectivity index (χ3n) is 9.58. The fourth-order valence-corrected chi connectivity index (χ4v) is 7.47. The molecule has 0 N–H and O–H groups in total. The van der Waals surface area contributed by atoms with Crippen LogP contribution in [-0.2, 0) is 0 Å². The fraction of sp³-hybridized carbons (Fsp3) is 0.100. The minimum absolute atomic E-state index is 0.189. The second-order valence-corrected chi connectivity index (χ2v) is 12.3. The van der Waals surface area contributed by atoms with Gasteiger partial charge in [0.15, 0.2) is 0 Å². The molecule has 9 rings (SSSR count). The topological polar surface area (TPSA) is 9.72 Å². The first-order valence-electron chi connectivity index (χ1n) is 15.6. The standard InChI is InChI=1S/C40H32BN3/c1-27-9-17-31(18-10-27)43(32-19-11-28(2)12-20-32)35-23-15-29-14-22-34-36(24-16-30-13-21-33(35)39(29)40(30)34)44-38-8-4-3-7-37(38)42-26-6-5-25-41(42)44/h3-5,7-25H,6,26H2,1-2H3. The van der Waals surface area contributed by atoms with E-state index in [2.05, 4.69) is 162 Å². The number of rotatable bonds is 4. The summed E-state index contributed by atoms with van der Waals surface area (Å²) in [7, 11) is 0. The highest BCUT2D eigenvalue weighted by molar-refractivity contribution is 6.76. The van der Waals surface area contributed by atoms with Gasteiger partial charge in [-0.3, -0.25) is 0 Å². The molecule has 0 fully saturated rings. The minimum Gasteiger partial charge on any atom is -0.390 e. The highest BCUT2D eigenvalue weighted by Gasteiger charge is 2.41. The van der Waals surface area contributed by atoms with E-state index < -0.39 is 0 Å². The predicted octanol–water partition coefficient (Wildman–Crippen LogP) is 10.6. The van der Waals surface area contributed by atoms with Crippen LogP contribution in [0.2, 0.25) is 0 Å². The van der Waals surface area contributed by atoms with Gasteiger partial charge in [0.25, 0.3) is 0 Å². The zero-order chi connectivity index (χ0) is 29.4. The van der Waals surface area contributed by atoms with Gasteiger partial charge < -0.3 is 14.5 Å². The smallest absolute Gasteiger partial charge is 0.390 e. The molecule has 0 aromatic heterocycles. The highest BCUT2D eigenvalue weighted by atomic mass is 15.3. The third-order valence-corrected chi connectivity index (χ3v) is 9.58. The summed E-state index contributed by atoms with van der Waals surface area (Å²) < 4.78 is 0. The van der Waals surface area contributed by atoms with Crippen LogP contribution in [0.5, 0.6) is 0 Å². The normalized spacial score (nSPS) is 14.2. The molecule has 7 aromatic carbocycles. The molecule has 4 heteroatoms. The van der Waals surface area contributed by atoms with Crippen LogP contribution < -0.4 is 14.5 Å². The molecule has 0 spiro atoms. The molecule has 3 nitrogen and oxygen atoms in total. The Morgan fingerprint density at radius 1 is 0.568 bits per heavy atom. The number of hydrogen-bond acceptors (Lipinski definition) is 3. The summed E-state index contributed by atoms with van der Waals surface area (Å²) in [5.41, 5.74) is 9.90. The molecule has 7 aromatic rings. The molecule has 0 saturated heterocycles. The van der Waals surface area contributed by atoms with E-state index in [1.807, 2.05) is 0 Å². The van der Waals surface area contributed by atoms with Crippen LogP contribution in [-0.4, -0.2) is 13.5 Å². The lowest BCUT2D eigenvalue weighted by Gasteiger charge is -2.31. The lowest BCUT2D eigenvalue weighted by Crippen LogP contribution is -2.46. The summed E-state index contributed by atoms with van der Waals surface area (Å²) in [4.78, 5) is 7.50. The largest absolute Gasteiger partial charge is 0.408 e. The van der Waals surface area contributed by atoms with Crippen molar-refractivity contribution in [1.82, 2.24) is 0 Å². The first-order valence-corrected chi connectivity index (χ1v) is 15.6. The van der Waals surface area contributed by atoms with Gasteiger partial charge in [0, 0.05) is 40.1 Å². The number of anilines is 6. The van der Waals surface area contributed by atoms with Crippen LogP contribution >= 0.6 is 0 Å². The average molecular weight is 566 g/mol. The summed E-state index contributed by atoms with van der Waals surface area (Å²) in [6.07, 6.45) is 3.42. The van der Waals surface area contributed by atoms with Crippen LogP contribution in [0.3, 0.4) is 0 Å². The quantitative estimate of drug-likeness (QED) is 0.155. The molecule has 44 heavy (non-hydrogen) atoms. The van der Waals surface area contributed by atoms with Crippen molar-refractivity contribution in [3.05, 3.63) is 145 Å². The molecule has 0 amide bonds. The van der Waals surface area contributed by atoms with Crippen LogP contribution in [0.15, 0.2) is 133 Å². The van der Waals surface area contributed by atoms with Crippen LogP contribution in [0.4, 0.5) is 34.1 Å². The average Bonchev–Trinajstić information content (AvgIpc) is 3.40. The fourth-order valence-electron chi connectivity index (χ4n) is 7.47. The van der Waals surface area contributed by atoms with Crippen LogP contribution in [0.1, 0.15) is 17.5 Å². The molecule has 210 valence electrons. The van der Waals surface area contributed by atoms with Crippen molar-refractivity contribution >= 4 is 73.4 Å². The van der Waals surface area contributed by atoms with Gasteiger partial charge in [-0.25, -0.2) is 0 Å². The van der Waals surface area contributed by atoms with Gasteiger partial charge >= 0.3 is 6.98 Å². The van der Waals surface area contributed by atoms with Gasteiger partial charge in [0.1, 0.15) is 0 Å². The number of benzene rings is 7. The maximum atomic E-state index is 2.55. The Labute approximate surface area is 258 Å². The number of para-hydroxylation sites is 2. The van der Waals surface area contributed by atoms with Crippen LogP contribution in [0.25, 0.3) is 32.3 Å². The van der Waals surface area contributed by atoms with E-state index in [1.54, 1.807) is 0 Å². The Kier molecular flexibility index (Phi) is 5.55. The lowest BCUT2D eigenvalue weighted by atomic mass is 9.70. The molecular weight excluding hydrogens is 533 g/mol. The number of fused-ring (bicyclic) bond motifs is 3. The summed E-state index contributed by atoms with van der Waals surface area (Å²) >= 11 is 0. The second-order valence-electron chi connectivity index (χ2n) is 12.3. The molecule has 2 aliphatic heterocycles. The minimum atomic E-state index is 0.189. The van der Waals surface area contributed by atoms with Gasteiger partial charge in [-0.05, 0) is 90.3 Å². The summed E-state index contributed by atoms with van der Waals surface area (Å²) in [6.45, 7) is 5.52. The molecule has 0 atom stereocenters. The molecule has 0 unspecified atom stereocenters. The van der Waals surface area contributed by atoms with Gasteiger partial charge in [-0.2, -0.15) is 0 Å². The van der Waals surface area contributed by atoms with E-state index >= 15 is 0 Å². The maximum absolute atomic E-state index is 2.55. The number of nitrogens with zero attached hydrogens (tertiary/aromatic N) is 3. The molecular formula is C40H32BN3. The van der Waals surface area contributed by atoms with E-state index in [0.717, 1.165) is 24.3 Å². The molecule has 0 saturated carbocycles.